The van der Waals surface area contributed by atoms with Crippen LogP contribution in [0.15, 0.2) is 42.7 Å². The first-order valence-electron chi connectivity index (χ1n) is 6.63. The number of ketones is 1. The summed E-state index contributed by atoms with van der Waals surface area (Å²) in [6.07, 6.45) is -2.62. The van der Waals surface area contributed by atoms with E-state index in [4.69, 9.17) is 4.74 Å². The van der Waals surface area contributed by atoms with Gasteiger partial charge in [0, 0.05) is 25.7 Å². The molecule has 2 aliphatic rings. The minimum Gasteiger partial charge on any atom is -0.483 e. The van der Waals surface area contributed by atoms with Crippen LogP contribution in [0.4, 0.5) is 13.2 Å². The molecule has 21 heavy (non-hydrogen) atoms. The number of rotatable bonds is 2. The van der Waals surface area contributed by atoms with Gasteiger partial charge < -0.3 is 4.74 Å². The zero-order chi connectivity index (χ0) is 15.1. The van der Waals surface area contributed by atoms with Crippen molar-refractivity contribution < 1.29 is 22.7 Å². The smallest absolute Gasteiger partial charge is 0.430 e. The Hall–Kier alpha value is -1.82. The first-order chi connectivity index (χ1) is 9.92. The number of halogens is 3. The molecule has 0 aromatic heterocycles. The zero-order valence-electron chi connectivity index (χ0n) is 11.1. The largest absolute Gasteiger partial charge is 0.483 e. The molecule has 0 saturated carbocycles. The monoisotopic (exact) mass is 297 g/mol. The number of carbonyl (C=O) groups excluding carboxylic acids is 1. The molecule has 0 N–H and O–H groups in total. The summed E-state index contributed by atoms with van der Waals surface area (Å²) in [6, 6.07) is 9.22. The summed E-state index contributed by atoms with van der Waals surface area (Å²) in [5.41, 5.74) is -1.50. The fraction of sp³-hybridized carbons (Fsp3) is 0.400. The topological polar surface area (TPSA) is 29.5 Å². The molecule has 6 heteroatoms. The van der Waals surface area contributed by atoms with Gasteiger partial charge in [0.15, 0.2) is 5.78 Å². The molecule has 2 heterocycles. The molecule has 1 aromatic rings. The molecule has 1 saturated heterocycles. The normalized spacial score (nSPS) is 29.3. The predicted molar refractivity (Wildman–Crippen MR) is 69.2 cm³/mol. The molecular weight excluding hydrogens is 283 g/mol. The fourth-order valence-corrected chi connectivity index (χ4v) is 3.01. The quantitative estimate of drug-likeness (QED) is 0.840. The van der Waals surface area contributed by atoms with Gasteiger partial charge in [0.1, 0.15) is 0 Å². The Morgan fingerprint density at radius 2 is 2.00 bits per heavy atom. The lowest BCUT2D eigenvalue weighted by atomic mass is 9.85. The van der Waals surface area contributed by atoms with E-state index in [0.717, 1.165) is 17.9 Å². The van der Waals surface area contributed by atoms with Crippen molar-refractivity contribution in [3.05, 3.63) is 48.2 Å². The number of ether oxygens (including phenoxy) is 1. The van der Waals surface area contributed by atoms with Crippen LogP contribution >= 0.6 is 0 Å². The lowest BCUT2D eigenvalue weighted by molar-refractivity contribution is -0.269. The van der Waals surface area contributed by atoms with Gasteiger partial charge in [0.05, 0.1) is 12.2 Å². The van der Waals surface area contributed by atoms with Crippen molar-refractivity contribution in [3.63, 3.8) is 0 Å². The molecule has 0 radical (unpaired) electrons. The van der Waals surface area contributed by atoms with Gasteiger partial charge in [0.25, 0.3) is 0 Å². The molecule has 112 valence electrons. The van der Waals surface area contributed by atoms with Gasteiger partial charge in [-0.1, -0.05) is 30.3 Å². The zero-order valence-corrected chi connectivity index (χ0v) is 11.1. The van der Waals surface area contributed by atoms with Gasteiger partial charge >= 0.3 is 6.18 Å². The van der Waals surface area contributed by atoms with Crippen molar-refractivity contribution in [2.75, 3.05) is 13.1 Å². The summed E-state index contributed by atoms with van der Waals surface area (Å²) in [5.74, 6) is -1.71. The van der Waals surface area contributed by atoms with E-state index in [1.54, 1.807) is 4.90 Å². The third-order valence-corrected chi connectivity index (χ3v) is 4.05. The van der Waals surface area contributed by atoms with Crippen molar-refractivity contribution in [1.29, 1.82) is 0 Å². The van der Waals surface area contributed by atoms with E-state index < -0.39 is 23.5 Å². The van der Waals surface area contributed by atoms with Gasteiger partial charge in [0.2, 0.25) is 5.60 Å². The van der Waals surface area contributed by atoms with Crippen molar-refractivity contribution in [1.82, 2.24) is 4.90 Å². The Morgan fingerprint density at radius 1 is 1.29 bits per heavy atom. The standard InChI is InChI=1S/C15H14F3NO2/c16-15(17,18)14-10-19(8-11-4-2-1-3-5-11)9-12(14)13(20)6-7-21-14/h1-7,12H,8-10H2/t12-,14-/m0/s1. The number of likely N-dealkylation sites (tertiary alicyclic amines) is 1. The summed E-state index contributed by atoms with van der Waals surface area (Å²) in [5, 5.41) is 0. The summed E-state index contributed by atoms with van der Waals surface area (Å²) < 4.78 is 45.2. The maximum atomic E-state index is 13.4. The minimum atomic E-state index is -4.58. The lowest BCUT2D eigenvalue weighted by Crippen LogP contribution is -2.56. The maximum Gasteiger partial charge on any atom is 0.430 e. The molecule has 0 bridgehead atoms. The minimum absolute atomic E-state index is 0.0532. The second kappa shape index (κ2) is 4.87. The first-order valence-corrected chi connectivity index (χ1v) is 6.63. The summed E-state index contributed by atoms with van der Waals surface area (Å²) in [4.78, 5) is 13.5. The van der Waals surface area contributed by atoms with E-state index in [-0.39, 0.29) is 13.1 Å². The Bertz CT molecular complexity index is 570. The summed E-state index contributed by atoms with van der Waals surface area (Å²) in [7, 11) is 0. The highest BCUT2D eigenvalue weighted by Crippen LogP contribution is 2.46. The summed E-state index contributed by atoms with van der Waals surface area (Å²) in [6.45, 7) is 0.0928. The molecule has 2 aliphatic heterocycles. The van der Waals surface area contributed by atoms with Crippen LogP contribution in [0.5, 0.6) is 0 Å². The van der Waals surface area contributed by atoms with E-state index in [1.807, 2.05) is 30.3 Å². The van der Waals surface area contributed by atoms with E-state index in [1.165, 1.54) is 0 Å². The van der Waals surface area contributed by atoms with Crippen molar-refractivity contribution in [3.8, 4) is 0 Å². The fourth-order valence-electron chi connectivity index (χ4n) is 3.01. The van der Waals surface area contributed by atoms with Crippen LogP contribution in [0.25, 0.3) is 0 Å². The second-order valence-corrected chi connectivity index (χ2v) is 5.42. The lowest BCUT2D eigenvalue weighted by Gasteiger charge is -2.36. The van der Waals surface area contributed by atoms with E-state index in [9.17, 15) is 18.0 Å². The van der Waals surface area contributed by atoms with Crippen LogP contribution in [0.3, 0.4) is 0 Å². The average Bonchev–Trinajstić information content (AvgIpc) is 2.80. The highest BCUT2D eigenvalue weighted by Gasteiger charge is 2.68. The molecule has 1 fully saturated rings. The maximum absolute atomic E-state index is 13.4. The van der Waals surface area contributed by atoms with Crippen LogP contribution in [0.2, 0.25) is 0 Å². The molecular formula is C15H14F3NO2. The third-order valence-electron chi connectivity index (χ3n) is 4.05. The van der Waals surface area contributed by atoms with Crippen LogP contribution in [-0.2, 0) is 16.1 Å². The van der Waals surface area contributed by atoms with Crippen LogP contribution in [0, 0.1) is 5.92 Å². The Balaban J connectivity index is 1.85. The van der Waals surface area contributed by atoms with Crippen molar-refractivity contribution in [2.45, 2.75) is 18.3 Å². The number of benzene rings is 1. The molecule has 0 spiro atoms. The SMILES string of the molecule is O=C1C=CO[C@@]2(C(F)(F)F)CN(Cc3ccccc3)C[C@@H]12. The molecule has 2 atom stereocenters. The number of allylic oxidation sites excluding steroid dienone is 1. The van der Waals surface area contributed by atoms with Gasteiger partial charge in [-0.15, -0.1) is 0 Å². The van der Waals surface area contributed by atoms with Crippen LogP contribution < -0.4 is 0 Å². The second-order valence-electron chi connectivity index (χ2n) is 5.42. The number of hydrogen-bond acceptors (Lipinski definition) is 3. The van der Waals surface area contributed by atoms with E-state index in [2.05, 4.69) is 0 Å². The Kier molecular flexibility index (Phi) is 3.28. The van der Waals surface area contributed by atoms with Gasteiger partial charge in [-0.2, -0.15) is 13.2 Å². The third kappa shape index (κ3) is 2.33. The number of carbonyl (C=O) groups is 1. The number of hydrogen-bond donors (Lipinski definition) is 0. The average molecular weight is 297 g/mol. The van der Waals surface area contributed by atoms with Crippen molar-refractivity contribution in [2.24, 2.45) is 5.92 Å². The number of nitrogens with zero attached hydrogens (tertiary/aromatic N) is 1. The Morgan fingerprint density at radius 3 is 2.62 bits per heavy atom. The van der Waals surface area contributed by atoms with Gasteiger partial charge in [-0.25, -0.2) is 0 Å². The highest BCUT2D eigenvalue weighted by atomic mass is 19.4. The highest BCUT2D eigenvalue weighted by molar-refractivity contribution is 5.93. The molecule has 3 rings (SSSR count). The first kappa shape index (κ1) is 14.1. The molecule has 3 nitrogen and oxygen atoms in total. The molecule has 0 amide bonds. The van der Waals surface area contributed by atoms with Crippen LogP contribution in [-0.4, -0.2) is 35.6 Å². The predicted octanol–water partition coefficient (Wildman–Crippen LogP) is 2.53. The molecule has 0 aliphatic carbocycles. The number of alkyl halides is 3. The number of fused-ring (bicyclic) bond motifs is 1. The van der Waals surface area contributed by atoms with E-state index in [0.29, 0.717) is 6.54 Å². The molecule has 0 unspecified atom stereocenters. The van der Waals surface area contributed by atoms with Crippen LogP contribution in [0.1, 0.15) is 5.56 Å². The van der Waals surface area contributed by atoms with Crippen molar-refractivity contribution >= 4 is 5.78 Å². The summed E-state index contributed by atoms with van der Waals surface area (Å²) >= 11 is 0. The van der Waals surface area contributed by atoms with Gasteiger partial charge in [-0.05, 0) is 5.56 Å². The van der Waals surface area contributed by atoms with Gasteiger partial charge in [-0.3, -0.25) is 9.69 Å². The molecule has 1 aromatic carbocycles. The van der Waals surface area contributed by atoms with E-state index >= 15 is 0 Å². The Labute approximate surface area is 120 Å².